The molecule has 2 N–H and O–H groups in total. The van der Waals surface area contributed by atoms with Crippen molar-refractivity contribution >= 4 is 40.2 Å². The molecule has 0 atom stereocenters. The molecule has 1 aromatic rings. The van der Waals surface area contributed by atoms with Crippen molar-refractivity contribution in [1.82, 2.24) is 4.98 Å². The maximum Gasteiger partial charge on any atom is 0.294 e. The molecule has 1 heterocycles. The van der Waals surface area contributed by atoms with E-state index in [4.69, 9.17) is 17.3 Å². The average molecular weight is 244 g/mol. The molecule has 0 aliphatic carbocycles. The third kappa shape index (κ3) is 1.05. The number of hydrogen-bond acceptors (Lipinski definition) is 3. The minimum Gasteiger partial charge on any atom is -0.411 e. The van der Waals surface area contributed by atoms with Crippen LogP contribution in [-0.2, 0) is 0 Å². The van der Waals surface area contributed by atoms with Gasteiger partial charge in [-0.1, -0.05) is 0 Å². The summed E-state index contributed by atoms with van der Waals surface area (Å²) in [5.74, 6) is 0. The number of oxazole rings is 1. The molecule has 0 saturated heterocycles. The topological polar surface area (TPSA) is 52.0 Å². The summed E-state index contributed by atoms with van der Waals surface area (Å²) >= 11 is 7.34. The Bertz CT molecular complexity index is 180. The summed E-state index contributed by atoms with van der Waals surface area (Å²) in [6.07, 6.45) is 0. The molecule has 0 unspecified atom stereocenters. The van der Waals surface area contributed by atoms with Crippen LogP contribution in [0.3, 0.4) is 0 Å². The predicted molar refractivity (Wildman–Crippen MR) is 38.6 cm³/mol. The van der Waals surface area contributed by atoms with Crippen molar-refractivity contribution < 1.29 is 4.42 Å². The molecule has 0 saturated carbocycles. The van der Waals surface area contributed by atoms with Gasteiger partial charge in [0, 0.05) is 0 Å². The first-order valence-electron chi connectivity index (χ1n) is 1.77. The van der Waals surface area contributed by atoms with Gasteiger partial charge in [-0.3, -0.25) is 0 Å². The van der Waals surface area contributed by atoms with Crippen LogP contribution in [0, 0.1) is 3.70 Å². The van der Waals surface area contributed by atoms with Crippen LogP contribution < -0.4 is 5.73 Å². The number of anilines is 1. The lowest BCUT2D eigenvalue weighted by molar-refractivity contribution is 0.581. The number of nitrogen functional groups attached to an aromatic ring is 1. The lowest BCUT2D eigenvalue weighted by Crippen LogP contribution is -1.81. The van der Waals surface area contributed by atoms with Crippen LogP contribution in [0.15, 0.2) is 4.42 Å². The van der Waals surface area contributed by atoms with E-state index in [1.54, 1.807) is 0 Å². The van der Waals surface area contributed by atoms with Gasteiger partial charge < -0.3 is 10.2 Å². The van der Waals surface area contributed by atoms with Crippen LogP contribution >= 0.6 is 34.2 Å². The van der Waals surface area contributed by atoms with Crippen LogP contribution in [-0.4, -0.2) is 4.98 Å². The van der Waals surface area contributed by atoms with Gasteiger partial charge in [-0.25, -0.2) is 0 Å². The Labute approximate surface area is 64.4 Å². The molecule has 5 heteroatoms. The molecule has 0 spiro atoms. The summed E-state index contributed by atoms with van der Waals surface area (Å²) in [6.45, 7) is 0. The van der Waals surface area contributed by atoms with E-state index in [1.807, 2.05) is 22.6 Å². The number of hydrogen-bond donors (Lipinski definition) is 1. The molecule has 0 bridgehead atoms. The highest BCUT2D eigenvalue weighted by Gasteiger charge is 2.02. The van der Waals surface area contributed by atoms with E-state index < -0.39 is 0 Å². The van der Waals surface area contributed by atoms with Crippen molar-refractivity contribution in [3.63, 3.8) is 0 Å². The fourth-order valence-electron chi connectivity index (χ4n) is 0.297. The third-order valence-electron chi connectivity index (χ3n) is 0.565. The van der Waals surface area contributed by atoms with Gasteiger partial charge in [0.1, 0.15) is 0 Å². The molecule has 3 nitrogen and oxygen atoms in total. The van der Waals surface area contributed by atoms with Crippen LogP contribution in [0.25, 0.3) is 0 Å². The molecule has 0 amide bonds. The Morgan fingerprint density at radius 2 is 2.38 bits per heavy atom. The number of aromatic nitrogens is 1. The van der Waals surface area contributed by atoms with E-state index >= 15 is 0 Å². The standard InChI is InChI=1S/C3H2ClIN2O/c4-1-2(5)7-3(6)8-1/h(H2,6,7). The average Bonchev–Trinajstić information content (AvgIpc) is 1.85. The molecule has 0 radical (unpaired) electrons. The monoisotopic (exact) mass is 244 g/mol. The van der Waals surface area contributed by atoms with Gasteiger partial charge in [-0.15, -0.1) is 0 Å². The summed E-state index contributed by atoms with van der Waals surface area (Å²) in [4.78, 5) is 3.68. The number of rotatable bonds is 0. The minimum atomic E-state index is 0.111. The second kappa shape index (κ2) is 2.10. The van der Waals surface area contributed by atoms with Crippen LogP contribution in [0.4, 0.5) is 6.01 Å². The SMILES string of the molecule is Nc1nc(I)c(Cl)o1. The normalized spacial score (nSPS) is 9.75. The Morgan fingerprint density at radius 1 is 1.75 bits per heavy atom. The predicted octanol–water partition coefficient (Wildman–Crippen LogP) is 1.51. The van der Waals surface area contributed by atoms with E-state index in [2.05, 4.69) is 9.40 Å². The molecular weight excluding hydrogens is 242 g/mol. The third-order valence-corrected chi connectivity index (χ3v) is 1.87. The summed E-state index contributed by atoms with van der Waals surface area (Å²) in [6, 6.07) is 0.111. The Morgan fingerprint density at radius 3 is 2.50 bits per heavy atom. The zero-order valence-electron chi connectivity index (χ0n) is 3.69. The molecule has 0 aliphatic rings. The summed E-state index contributed by atoms with van der Waals surface area (Å²) < 4.78 is 5.24. The van der Waals surface area contributed by atoms with Gasteiger partial charge in [0.2, 0.25) is 5.22 Å². The highest BCUT2D eigenvalue weighted by Crippen LogP contribution is 2.19. The maximum absolute atomic E-state index is 5.41. The fourth-order valence-corrected chi connectivity index (χ4v) is 0.767. The smallest absolute Gasteiger partial charge is 0.294 e. The molecule has 1 rings (SSSR count). The molecule has 8 heavy (non-hydrogen) atoms. The Kier molecular flexibility index (Phi) is 1.62. The molecule has 0 fully saturated rings. The van der Waals surface area contributed by atoms with Gasteiger partial charge in [-0.2, -0.15) is 4.98 Å². The zero-order chi connectivity index (χ0) is 6.15. The summed E-state index contributed by atoms with van der Waals surface area (Å²) in [5.41, 5.74) is 5.11. The highest BCUT2D eigenvalue weighted by molar-refractivity contribution is 14.1. The van der Waals surface area contributed by atoms with E-state index in [-0.39, 0.29) is 11.2 Å². The number of halogens is 2. The molecule has 0 aliphatic heterocycles. The lowest BCUT2D eigenvalue weighted by Gasteiger charge is -1.72. The number of nitrogens with zero attached hydrogens (tertiary/aromatic N) is 1. The minimum absolute atomic E-state index is 0.111. The second-order valence-corrected chi connectivity index (χ2v) is 2.48. The molecule has 1 aromatic heterocycles. The van der Waals surface area contributed by atoms with Gasteiger partial charge >= 0.3 is 0 Å². The maximum atomic E-state index is 5.41. The zero-order valence-corrected chi connectivity index (χ0v) is 6.60. The van der Waals surface area contributed by atoms with Gasteiger partial charge in [0.05, 0.1) is 0 Å². The summed E-state index contributed by atoms with van der Waals surface area (Å²) in [7, 11) is 0. The quantitative estimate of drug-likeness (QED) is 0.704. The van der Waals surface area contributed by atoms with Crippen molar-refractivity contribution in [2.75, 3.05) is 5.73 Å². The van der Waals surface area contributed by atoms with Crippen molar-refractivity contribution in [3.8, 4) is 0 Å². The summed E-state index contributed by atoms with van der Waals surface area (Å²) in [5, 5.41) is 0.253. The first-order valence-corrected chi connectivity index (χ1v) is 3.23. The highest BCUT2D eigenvalue weighted by atomic mass is 127. The Balaban J connectivity index is 3.14. The van der Waals surface area contributed by atoms with Crippen molar-refractivity contribution in [3.05, 3.63) is 8.92 Å². The van der Waals surface area contributed by atoms with E-state index in [0.717, 1.165) is 0 Å². The van der Waals surface area contributed by atoms with Gasteiger partial charge in [0.25, 0.3) is 6.01 Å². The van der Waals surface area contributed by atoms with Crippen LogP contribution in [0.2, 0.25) is 5.22 Å². The van der Waals surface area contributed by atoms with Crippen LogP contribution in [0.5, 0.6) is 0 Å². The van der Waals surface area contributed by atoms with Gasteiger partial charge in [0.15, 0.2) is 3.70 Å². The fraction of sp³-hybridized carbons (Fsp3) is 0. The van der Waals surface area contributed by atoms with E-state index in [9.17, 15) is 0 Å². The van der Waals surface area contributed by atoms with Gasteiger partial charge in [-0.05, 0) is 34.2 Å². The van der Waals surface area contributed by atoms with Crippen molar-refractivity contribution in [2.24, 2.45) is 0 Å². The first-order chi connectivity index (χ1) is 3.70. The molecular formula is C3H2ClIN2O. The molecule has 0 aromatic carbocycles. The Hall–Kier alpha value is 0.0300. The lowest BCUT2D eigenvalue weighted by atomic mass is 11.0. The largest absolute Gasteiger partial charge is 0.411 e. The van der Waals surface area contributed by atoms with E-state index in [0.29, 0.717) is 3.70 Å². The van der Waals surface area contributed by atoms with Crippen molar-refractivity contribution in [2.45, 2.75) is 0 Å². The number of nitrogens with two attached hydrogens (primary N) is 1. The van der Waals surface area contributed by atoms with E-state index in [1.165, 1.54) is 0 Å². The second-order valence-electron chi connectivity index (χ2n) is 1.12. The van der Waals surface area contributed by atoms with Crippen LogP contribution in [0.1, 0.15) is 0 Å². The first kappa shape index (κ1) is 6.15. The van der Waals surface area contributed by atoms with Crippen molar-refractivity contribution in [1.29, 1.82) is 0 Å². The molecule has 44 valence electrons.